The molecule has 0 rings (SSSR count). The predicted octanol–water partition coefficient (Wildman–Crippen LogP) is 3.59. The average Bonchev–Trinajstić information content (AvgIpc) is 2.15. The van der Waals surface area contributed by atoms with Crippen molar-refractivity contribution in [2.45, 2.75) is 65.9 Å². The first-order valence-electron chi connectivity index (χ1n) is 6.18. The first-order chi connectivity index (χ1) is 7.04. The first-order valence-corrected chi connectivity index (χ1v) is 6.18. The van der Waals surface area contributed by atoms with Crippen molar-refractivity contribution in [3.05, 3.63) is 0 Å². The van der Waals surface area contributed by atoms with Crippen LogP contribution in [0.15, 0.2) is 0 Å². The summed E-state index contributed by atoms with van der Waals surface area (Å²) in [4.78, 5) is 11.3. The van der Waals surface area contributed by atoms with Crippen molar-refractivity contribution in [3.8, 4) is 0 Å². The highest BCUT2D eigenvalue weighted by molar-refractivity contribution is 5.80. The molecule has 15 heavy (non-hydrogen) atoms. The third kappa shape index (κ3) is 9.92. The van der Waals surface area contributed by atoms with E-state index in [0.29, 0.717) is 11.9 Å². The molecular formula is C13H26O2. The molecule has 0 heterocycles. The van der Waals surface area contributed by atoms with Gasteiger partial charge in [0.15, 0.2) is 0 Å². The summed E-state index contributed by atoms with van der Waals surface area (Å²) in [5.41, 5.74) is 0. The van der Waals surface area contributed by atoms with Crippen molar-refractivity contribution < 1.29 is 9.53 Å². The summed E-state index contributed by atoms with van der Waals surface area (Å²) < 4.78 is 5.44. The summed E-state index contributed by atoms with van der Waals surface area (Å²) in [6.45, 7) is 8.91. The van der Waals surface area contributed by atoms with Crippen LogP contribution in [0, 0.1) is 5.92 Å². The summed E-state index contributed by atoms with van der Waals surface area (Å²) in [7, 11) is 0. The van der Waals surface area contributed by atoms with Crippen molar-refractivity contribution in [3.63, 3.8) is 0 Å². The van der Waals surface area contributed by atoms with E-state index in [2.05, 4.69) is 13.8 Å². The second-order valence-electron chi connectivity index (χ2n) is 4.70. The Kier molecular flexibility index (Phi) is 8.68. The SMILES string of the molecule is CC(C)OCCCCCCC(=O)C(C)C. The topological polar surface area (TPSA) is 26.3 Å². The lowest BCUT2D eigenvalue weighted by Crippen LogP contribution is -2.06. The van der Waals surface area contributed by atoms with Crippen LogP contribution in [-0.2, 0) is 9.53 Å². The van der Waals surface area contributed by atoms with Crippen LogP contribution < -0.4 is 0 Å². The van der Waals surface area contributed by atoms with Gasteiger partial charge in [0.05, 0.1) is 6.10 Å². The van der Waals surface area contributed by atoms with Crippen molar-refractivity contribution in [2.24, 2.45) is 5.92 Å². The van der Waals surface area contributed by atoms with E-state index in [9.17, 15) is 4.79 Å². The number of carbonyl (C=O) groups is 1. The average molecular weight is 214 g/mol. The molecule has 0 saturated heterocycles. The zero-order valence-electron chi connectivity index (χ0n) is 10.7. The van der Waals surface area contributed by atoms with Gasteiger partial charge in [0.1, 0.15) is 5.78 Å². The highest BCUT2D eigenvalue weighted by atomic mass is 16.5. The van der Waals surface area contributed by atoms with Crippen LogP contribution in [0.25, 0.3) is 0 Å². The molecule has 0 atom stereocenters. The third-order valence-corrected chi connectivity index (χ3v) is 2.41. The maximum absolute atomic E-state index is 11.3. The van der Waals surface area contributed by atoms with Gasteiger partial charge in [-0.2, -0.15) is 0 Å². The van der Waals surface area contributed by atoms with Crippen LogP contribution in [0.4, 0.5) is 0 Å². The van der Waals surface area contributed by atoms with Gasteiger partial charge in [-0.3, -0.25) is 4.79 Å². The van der Waals surface area contributed by atoms with Crippen LogP contribution in [0.5, 0.6) is 0 Å². The number of hydrogen-bond donors (Lipinski definition) is 0. The Morgan fingerprint density at radius 2 is 1.60 bits per heavy atom. The smallest absolute Gasteiger partial charge is 0.135 e. The Bertz CT molecular complexity index is 162. The van der Waals surface area contributed by atoms with E-state index in [1.807, 2.05) is 13.8 Å². The van der Waals surface area contributed by atoms with Crippen molar-refractivity contribution >= 4 is 5.78 Å². The normalized spacial score (nSPS) is 11.3. The zero-order chi connectivity index (χ0) is 11.7. The van der Waals surface area contributed by atoms with E-state index < -0.39 is 0 Å². The molecule has 2 nitrogen and oxygen atoms in total. The van der Waals surface area contributed by atoms with Gasteiger partial charge in [0.25, 0.3) is 0 Å². The molecule has 0 fully saturated rings. The highest BCUT2D eigenvalue weighted by Gasteiger charge is 2.05. The van der Waals surface area contributed by atoms with E-state index >= 15 is 0 Å². The Hall–Kier alpha value is -0.370. The maximum Gasteiger partial charge on any atom is 0.135 e. The molecule has 0 aromatic rings. The molecule has 0 aromatic heterocycles. The maximum atomic E-state index is 11.3. The quantitative estimate of drug-likeness (QED) is 0.548. The molecule has 0 saturated carbocycles. The molecule has 0 aliphatic heterocycles. The molecule has 0 spiro atoms. The number of unbranched alkanes of at least 4 members (excludes halogenated alkanes) is 3. The van der Waals surface area contributed by atoms with E-state index in [4.69, 9.17) is 4.74 Å². The van der Waals surface area contributed by atoms with Gasteiger partial charge in [-0.25, -0.2) is 0 Å². The Labute approximate surface area is 94.4 Å². The van der Waals surface area contributed by atoms with Crippen LogP contribution >= 0.6 is 0 Å². The molecule has 0 radical (unpaired) electrons. The lowest BCUT2D eigenvalue weighted by molar-refractivity contribution is -0.122. The summed E-state index contributed by atoms with van der Waals surface area (Å²) >= 11 is 0. The fourth-order valence-electron chi connectivity index (χ4n) is 1.36. The molecule has 0 unspecified atom stereocenters. The third-order valence-electron chi connectivity index (χ3n) is 2.41. The minimum Gasteiger partial charge on any atom is -0.379 e. The zero-order valence-corrected chi connectivity index (χ0v) is 10.7. The van der Waals surface area contributed by atoms with Gasteiger partial charge in [0.2, 0.25) is 0 Å². The molecule has 0 aliphatic rings. The number of hydrogen-bond acceptors (Lipinski definition) is 2. The van der Waals surface area contributed by atoms with E-state index in [-0.39, 0.29) is 5.92 Å². The number of rotatable bonds is 9. The van der Waals surface area contributed by atoms with Crippen molar-refractivity contribution in [1.82, 2.24) is 0 Å². The molecule has 0 aliphatic carbocycles. The Balaban J connectivity index is 3.15. The monoisotopic (exact) mass is 214 g/mol. The first kappa shape index (κ1) is 14.6. The number of Topliss-reactive ketones (excluding diaryl/α,β-unsaturated/α-hetero) is 1. The predicted molar refractivity (Wildman–Crippen MR) is 64.0 cm³/mol. The Morgan fingerprint density at radius 3 is 2.13 bits per heavy atom. The van der Waals surface area contributed by atoms with Crippen molar-refractivity contribution in [1.29, 1.82) is 0 Å². The van der Waals surface area contributed by atoms with Crippen LogP contribution in [0.1, 0.15) is 59.8 Å². The van der Waals surface area contributed by atoms with E-state index in [1.54, 1.807) is 0 Å². The molecule has 2 heteroatoms. The summed E-state index contributed by atoms with van der Waals surface area (Å²) in [5.74, 6) is 0.600. The summed E-state index contributed by atoms with van der Waals surface area (Å²) in [6, 6.07) is 0. The Morgan fingerprint density at radius 1 is 1.00 bits per heavy atom. The van der Waals surface area contributed by atoms with Gasteiger partial charge in [-0.1, -0.05) is 26.7 Å². The lowest BCUT2D eigenvalue weighted by atomic mass is 10.0. The molecular weight excluding hydrogens is 188 g/mol. The summed E-state index contributed by atoms with van der Waals surface area (Å²) in [5, 5.41) is 0. The second-order valence-corrected chi connectivity index (χ2v) is 4.70. The van der Waals surface area contributed by atoms with Gasteiger partial charge in [-0.15, -0.1) is 0 Å². The van der Waals surface area contributed by atoms with Gasteiger partial charge in [-0.05, 0) is 26.7 Å². The largest absolute Gasteiger partial charge is 0.379 e. The lowest BCUT2D eigenvalue weighted by Gasteiger charge is -2.07. The van der Waals surface area contributed by atoms with Gasteiger partial charge >= 0.3 is 0 Å². The van der Waals surface area contributed by atoms with Crippen LogP contribution in [0.3, 0.4) is 0 Å². The van der Waals surface area contributed by atoms with E-state index in [1.165, 1.54) is 6.42 Å². The molecule has 0 bridgehead atoms. The van der Waals surface area contributed by atoms with Gasteiger partial charge < -0.3 is 4.74 Å². The number of ether oxygens (including phenoxy) is 1. The molecule has 0 aromatic carbocycles. The number of ketones is 1. The summed E-state index contributed by atoms with van der Waals surface area (Å²) in [6.07, 6.45) is 5.58. The van der Waals surface area contributed by atoms with Crippen LogP contribution in [0.2, 0.25) is 0 Å². The minimum absolute atomic E-state index is 0.203. The standard InChI is InChI=1S/C13H26O2/c1-11(2)13(14)9-7-5-6-8-10-15-12(3)4/h11-12H,5-10H2,1-4H3. The minimum atomic E-state index is 0.203. The fraction of sp³-hybridized carbons (Fsp3) is 0.923. The van der Waals surface area contributed by atoms with Crippen LogP contribution in [-0.4, -0.2) is 18.5 Å². The number of carbonyl (C=O) groups excluding carboxylic acids is 1. The molecule has 0 N–H and O–H groups in total. The highest BCUT2D eigenvalue weighted by Crippen LogP contribution is 2.07. The molecule has 90 valence electrons. The molecule has 0 amide bonds. The second kappa shape index (κ2) is 8.90. The van der Waals surface area contributed by atoms with E-state index in [0.717, 1.165) is 32.3 Å². The van der Waals surface area contributed by atoms with Gasteiger partial charge in [0, 0.05) is 18.9 Å². The van der Waals surface area contributed by atoms with Crippen molar-refractivity contribution in [2.75, 3.05) is 6.61 Å². The fourth-order valence-corrected chi connectivity index (χ4v) is 1.36.